The van der Waals surface area contributed by atoms with Gasteiger partial charge >= 0.3 is 0 Å². The normalized spacial score (nSPS) is 15.7. The number of hydrogen-bond acceptors (Lipinski definition) is 4. The first-order valence-corrected chi connectivity index (χ1v) is 10.6. The van der Waals surface area contributed by atoms with Gasteiger partial charge in [0.2, 0.25) is 0 Å². The number of likely N-dealkylation sites (N-methyl/N-ethyl adjacent to an activating group) is 1. The van der Waals surface area contributed by atoms with E-state index in [1.807, 2.05) is 13.1 Å². The number of anilines is 1. The van der Waals surface area contributed by atoms with Crippen LogP contribution >= 0.6 is 23.2 Å². The van der Waals surface area contributed by atoms with Gasteiger partial charge in [-0.15, -0.1) is 0 Å². The summed E-state index contributed by atoms with van der Waals surface area (Å²) in [5.74, 6) is 0.306. The Morgan fingerprint density at radius 1 is 1.27 bits per heavy atom. The van der Waals surface area contributed by atoms with E-state index in [1.165, 1.54) is 16.7 Å². The lowest BCUT2D eigenvalue weighted by molar-refractivity contribution is -0.107. The smallest absolute Gasteiger partial charge is 0.120 e. The van der Waals surface area contributed by atoms with Crippen LogP contribution in [0.15, 0.2) is 48.9 Å². The summed E-state index contributed by atoms with van der Waals surface area (Å²) in [5.41, 5.74) is 5.87. The lowest BCUT2D eigenvalue weighted by atomic mass is 9.85. The summed E-state index contributed by atoms with van der Waals surface area (Å²) in [4.78, 5) is 18.9. The molecule has 2 aromatic carbocycles. The predicted molar refractivity (Wildman–Crippen MR) is 124 cm³/mol. The van der Waals surface area contributed by atoms with Crippen molar-refractivity contribution >= 4 is 35.2 Å². The maximum absolute atomic E-state index is 9.87. The number of aromatic amines is 1. The summed E-state index contributed by atoms with van der Waals surface area (Å²) in [6, 6.07) is 12.5. The zero-order valence-corrected chi connectivity index (χ0v) is 18.7. The molecule has 0 saturated carbocycles. The van der Waals surface area contributed by atoms with Gasteiger partial charge in [-0.3, -0.25) is 0 Å². The lowest BCUT2D eigenvalue weighted by Gasteiger charge is -2.33. The van der Waals surface area contributed by atoms with Gasteiger partial charge in [0, 0.05) is 60.1 Å². The van der Waals surface area contributed by atoms with Crippen LogP contribution in [-0.2, 0) is 17.8 Å². The molecule has 1 atom stereocenters. The summed E-state index contributed by atoms with van der Waals surface area (Å²) in [6.45, 7) is 1.85. The van der Waals surface area contributed by atoms with Crippen LogP contribution in [0.25, 0.3) is 0 Å². The fourth-order valence-electron chi connectivity index (χ4n) is 3.65. The SMILES string of the molecule is CNc1ccc(C2CN(C)Cc3c(Cl)cc(Cl)cc32)cc1.O=CCCc1cnc[nH]1. The molecule has 0 fully saturated rings. The molecule has 4 rings (SSSR count). The van der Waals surface area contributed by atoms with Crippen molar-refractivity contribution in [3.63, 3.8) is 0 Å². The molecule has 0 saturated heterocycles. The molecule has 3 aromatic rings. The number of fused-ring (bicyclic) bond motifs is 1. The maximum Gasteiger partial charge on any atom is 0.120 e. The molecule has 0 spiro atoms. The lowest BCUT2D eigenvalue weighted by Crippen LogP contribution is -2.31. The fourth-order valence-corrected chi connectivity index (χ4v) is 4.22. The first kappa shape index (κ1) is 22.3. The Morgan fingerprint density at radius 2 is 2.03 bits per heavy atom. The number of aldehydes is 1. The molecule has 2 N–H and O–H groups in total. The van der Waals surface area contributed by atoms with Crippen LogP contribution in [0.3, 0.4) is 0 Å². The highest BCUT2D eigenvalue weighted by atomic mass is 35.5. The molecule has 2 heterocycles. The fraction of sp³-hybridized carbons (Fsp3) is 0.304. The number of benzene rings is 2. The Kier molecular flexibility index (Phi) is 7.91. The van der Waals surface area contributed by atoms with Crippen LogP contribution in [0.5, 0.6) is 0 Å². The van der Waals surface area contributed by atoms with Crippen molar-refractivity contribution in [1.29, 1.82) is 0 Å². The standard InChI is InChI=1S/C17H18Cl2N2.C6H8N2O/c1-20-13-5-3-11(4-6-13)15-9-21(2)10-16-14(15)7-12(18)8-17(16)19;9-3-1-2-6-4-7-5-8-6/h3-8,15,20H,9-10H2,1-2H3;3-5H,1-2H2,(H,7,8). The first-order chi connectivity index (χ1) is 14.5. The maximum atomic E-state index is 9.87. The van der Waals surface area contributed by atoms with E-state index in [1.54, 1.807) is 12.5 Å². The average molecular weight is 445 g/mol. The monoisotopic (exact) mass is 444 g/mol. The Bertz CT molecular complexity index is 958. The molecule has 0 aliphatic carbocycles. The third kappa shape index (κ3) is 5.63. The van der Waals surface area contributed by atoms with E-state index >= 15 is 0 Å². The Hall–Kier alpha value is -2.34. The second-order valence-electron chi connectivity index (χ2n) is 7.36. The van der Waals surface area contributed by atoms with Crippen molar-refractivity contribution in [2.75, 3.05) is 26.0 Å². The van der Waals surface area contributed by atoms with Crippen molar-refractivity contribution in [3.8, 4) is 0 Å². The second kappa shape index (κ2) is 10.6. The van der Waals surface area contributed by atoms with Crippen molar-refractivity contribution in [3.05, 3.63) is 81.4 Å². The number of hydrogen-bond donors (Lipinski definition) is 2. The van der Waals surface area contributed by atoms with Crippen LogP contribution < -0.4 is 5.32 Å². The minimum atomic E-state index is 0.306. The highest BCUT2D eigenvalue weighted by molar-refractivity contribution is 6.35. The van der Waals surface area contributed by atoms with Crippen LogP contribution in [0.1, 0.15) is 34.7 Å². The first-order valence-electron chi connectivity index (χ1n) is 9.86. The van der Waals surface area contributed by atoms with Gasteiger partial charge in [0.05, 0.1) is 6.33 Å². The topological polar surface area (TPSA) is 61.0 Å². The van der Waals surface area contributed by atoms with Crippen molar-refractivity contribution in [2.24, 2.45) is 0 Å². The van der Waals surface area contributed by atoms with Gasteiger partial charge in [0.15, 0.2) is 0 Å². The second-order valence-corrected chi connectivity index (χ2v) is 8.20. The molecule has 1 aromatic heterocycles. The van der Waals surface area contributed by atoms with Gasteiger partial charge in [-0.1, -0.05) is 35.3 Å². The highest BCUT2D eigenvalue weighted by Crippen LogP contribution is 2.38. The van der Waals surface area contributed by atoms with Crippen molar-refractivity contribution in [2.45, 2.75) is 25.3 Å². The number of carbonyl (C=O) groups excluding carboxylic acids is 1. The minimum Gasteiger partial charge on any atom is -0.388 e. The third-order valence-electron chi connectivity index (χ3n) is 5.18. The van der Waals surface area contributed by atoms with Gasteiger partial charge in [-0.25, -0.2) is 4.98 Å². The average Bonchev–Trinajstić information content (AvgIpc) is 3.26. The number of aryl methyl sites for hydroxylation is 1. The largest absolute Gasteiger partial charge is 0.388 e. The van der Waals surface area contributed by atoms with Crippen LogP contribution in [-0.4, -0.2) is 41.8 Å². The predicted octanol–water partition coefficient (Wildman–Crippen LogP) is 5.15. The zero-order valence-electron chi connectivity index (χ0n) is 17.2. The van der Waals surface area contributed by atoms with Gasteiger partial charge in [-0.2, -0.15) is 0 Å². The molecule has 0 bridgehead atoms. The molecule has 158 valence electrons. The zero-order chi connectivity index (χ0) is 21.5. The highest BCUT2D eigenvalue weighted by Gasteiger charge is 2.26. The third-order valence-corrected chi connectivity index (χ3v) is 5.74. The summed E-state index contributed by atoms with van der Waals surface area (Å²) in [7, 11) is 4.06. The summed E-state index contributed by atoms with van der Waals surface area (Å²) >= 11 is 12.6. The molecular weight excluding hydrogens is 419 g/mol. The molecule has 1 aliphatic rings. The number of aromatic nitrogens is 2. The van der Waals surface area contributed by atoms with Gasteiger partial charge < -0.3 is 20.0 Å². The van der Waals surface area contributed by atoms with Crippen molar-refractivity contribution in [1.82, 2.24) is 14.9 Å². The molecular formula is C23H26Cl2N4O. The van der Waals surface area contributed by atoms with Crippen molar-refractivity contribution < 1.29 is 4.79 Å². The van der Waals surface area contributed by atoms with E-state index in [-0.39, 0.29) is 0 Å². The number of carbonyl (C=O) groups is 1. The summed E-state index contributed by atoms with van der Waals surface area (Å²) in [6.07, 6.45) is 5.58. The number of H-pyrrole nitrogens is 1. The van der Waals surface area contributed by atoms with E-state index < -0.39 is 0 Å². The quantitative estimate of drug-likeness (QED) is 0.533. The molecule has 0 radical (unpaired) electrons. The van der Waals surface area contributed by atoms with E-state index in [0.29, 0.717) is 17.4 Å². The van der Waals surface area contributed by atoms with Gasteiger partial charge in [0.1, 0.15) is 6.29 Å². The number of nitrogens with one attached hydrogen (secondary N) is 2. The molecule has 7 heteroatoms. The van der Waals surface area contributed by atoms with Crippen LogP contribution in [0, 0.1) is 0 Å². The molecule has 0 amide bonds. The molecule has 30 heavy (non-hydrogen) atoms. The Morgan fingerprint density at radius 3 is 2.67 bits per heavy atom. The van der Waals surface area contributed by atoms with Gasteiger partial charge in [0.25, 0.3) is 0 Å². The van der Waals surface area contributed by atoms with Crippen LogP contribution in [0.4, 0.5) is 5.69 Å². The van der Waals surface area contributed by atoms with E-state index in [9.17, 15) is 4.79 Å². The summed E-state index contributed by atoms with van der Waals surface area (Å²) < 4.78 is 0. The molecule has 5 nitrogen and oxygen atoms in total. The van der Waals surface area contributed by atoms with Gasteiger partial charge in [-0.05, 0) is 54.4 Å². The molecule has 1 unspecified atom stereocenters. The van der Waals surface area contributed by atoms with E-state index in [2.05, 4.69) is 57.6 Å². The number of imidazole rings is 1. The number of rotatable bonds is 5. The number of halogens is 2. The van der Waals surface area contributed by atoms with Crippen LogP contribution in [0.2, 0.25) is 10.0 Å². The van der Waals surface area contributed by atoms with E-state index in [4.69, 9.17) is 23.2 Å². The Balaban J connectivity index is 0.000000239. The molecule has 1 aliphatic heterocycles. The Labute approximate surface area is 187 Å². The summed E-state index contributed by atoms with van der Waals surface area (Å²) in [5, 5.41) is 4.62. The van der Waals surface area contributed by atoms with E-state index in [0.717, 1.165) is 42.2 Å². The number of nitrogens with zero attached hydrogens (tertiary/aromatic N) is 2. The minimum absolute atomic E-state index is 0.306.